The number of nitrogens with one attached hydrogen (secondary N) is 1. The van der Waals surface area contributed by atoms with Gasteiger partial charge in [0, 0.05) is 16.9 Å². The monoisotopic (exact) mass is 596 g/mol. The number of nitrogens with two attached hydrogens (primary N) is 1. The molecule has 0 unspecified atom stereocenters. The Labute approximate surface area is 232 Å². The standard InChI is InChI=1S/C26H27F3N4O5S2/c1-14-9-10-16-19(12-14)39-24(22(16)23(30)35)33-21(34)8-5-11-40(36,37)25-31-17(13-20(32-25)26(27,28)29)15-6-3-4-7-18(15)38-2/h3-4,6-7,13-14H,5,8-12H2,1-2H3,(H2,30,35)(H,33,34)/t14-/m0/s1. The van der Waals surface area contributed by atoms with Crippen molar-refractivity contribution in [2.45, 2.75) is 50.4 Å². The quantitative estimate of drug-likeness (QED) is 0.343. The number of anilines is 1. The summed E-state index contributed by atoms with van der Waals surface area (Å²) in [7, 11) is -3.08. The summed E-state index contributed by atoms with van der Waals surface area (Å²) >= 11 is 1.28. The number of fused-ring (bicyclic) bond motifs is 1. The molecule has 9 nitrogen and oxygen atoms in total. The zero-order valence-corrected chi connectivity index (χ0v) is 23.3. The second kappa shape index (κ2) is 11.5. The number of para-hydroxylation sites is 1. The summed E-state index contributed by atoms with van der Waals surface area (Å²) in [5.74, 6) is -1.24. The number of amides is 2. The summed E-state index contributed by atoms with van der Waals surface area (Å²) in [5, 5.41) is 1.97. The lowest BCUT2D eigenvalue weighted by Gasteiger charge is -2.18. The number of carbonyl (C=O) groups is 2. The molecule has 2 aromatic heterocycles. The molecular weight excluding hydrogens is 569 g/mol. The molecule has 1 aliphatic rings. The van der Waals surface area contributed by atoms with Gasteiger partial charge in [-0.1, -0.05) is 19.1 Å². The fourth-order valence-electron chi connectivity index (χ4n) is 4.51. The van der Waals surface area contributed by atoms with Gasteiger partial charge in [-0.2, -0.15) is 13.2 Å². The lowest BCUT2D eigenvalue weighted by atomic mass is 9.88. The number of hydrogen-bond acceptors (Lipinski definition) is 8. The van der Waals surface area contributed by atoms with E-state index in [1.807, 2.05) is 0 Å². The molecule has 0 saturated heterocycles. The first-order valence-corrected chi connectivity index (χ1v) is 14.8. The van der Waals surface area contributed by atoms with Crippen LogP contribution < -0.4 is 15.8 Å². The lowest BCUT2D eigenvalue weighted by Crippen LogP contribution is -2.20. The van der Waals surface area contributed by atoms with Gasteiger partial charge in [-0.05, 0) is 55.4 Å². The van der Waals surface area contributed by atoms with Crippen LogP contribution in [0.25, 0.3) is 11.3 Å². The van der Waals surface area contributed by atoms with Gasteiger partial charge in [0.15, 0.2) is 0 Å². The molecule has 1 aliphatic carbocycles. The second-order valence-corrected chi connectivity index (χ2v) is 12.6. The average molecular weight is 597 g/mol. The van der Waals surface area contributed by atoms with Crippen molar-refractivity contribution in [2.24, 2.45) is 11.7 Å². The van der Waals surface area contributed by atoms with Crippen molar-refractivity contribution in [3.8, 4) is 17.0 Å². The summed E-state index contributed by atoms with van der Waals surface area (Å²) in [6.07, 6.45) is -3.08. The van der Waals surface area contributed by atoms with Gasteiger partial charge in [-0.25, -0.2) is 18.4 Å². The number of nitrogens with zero attached hydrogens (tertiary/aromatic N) is 2. The smallest absolute Gasteiger partial charge is 0.433 e. The van der Waals surface area contributed by atoms with Crippen LogP contribution in [-0.4, -0.2) is 43.1 Å². The largest absolute Gasteiger partial charge is 0.496 e. The lowest BCUT2D eigenvalue weighted by molar-refractivity contribution is -0.141. The van der Waals surface area contributed by atoms with E-state index in [0.29, 0.717) is 23.4 Å². The number of carbonyl (C=O) groups excluding carboxylic acids is 2. The number of sulfone groups is 1. The Hall–Kier alpha value is -3.52. The highest BCUT2D eigenvalue weighted by Gasteiger charge is 2.36. The summed E-state index contributed by atoms with van der Waals surface area (Å²) < 4.78 is 71.9. The molecule has 0 saturated carbocycles. The summed E-state index contributed by atoms with van der Waals surface area (Å²) in [6, 6.07) is 6.77. The van der Waals surface area contributed by atoms with Gasteiger partial charge in [-0.15, -0.1) is 11.3 Å². The van der Waals surface area contributed by atoms with Crippen molar-refractivity contribution in [1.82, 2.24) is 9.97 Å². The molecule has 0 fully saturated rings. The van der Waals surface area contributed by atoms with E-state index in [-0.39, 0.29) is 35.4 Å². The van der Waals surface area contributed by atoms with Crippen molar-refractivity contribution in [1.29, 1.82) is 0 Å². The summed E-state index contributed by atoms with van der Waals surface area (Å²) in [6.45, 7) is 2.10. The highest BCUT2D eigenvalue weighted by Crippen LogP contribution is 2.39. The van der Waals surface area contributed by atoms with Crippen LogP contribution in [0.1, 0.15) is 52.7 Å². The highest BCUT2D eigenvalue weighted by atomic mass is 32.2. The molecule has 0 bridgehead atoms. The molecule has 0 aliphatic heterocycles. The van der Waals surface area contributed by atoms with E-state index in [1.54, 1.807) is 12.1 Å². The van der Waals surface area contributed by atoms with E-state index < -0.39 is 44.4 Å². The van der Waals surface area contributed by atoms with Crippen LogP contribution in [0.3, 0.4) is 0 Å². The van der Waals surface area contributed by atoms with Crippen molar-refractivity contribution >= 4 is 38.0 Å². The van der Waals surface area contributed by atoms with E-state index >= 15 is 0 Å². The van der Waals surface area contributed by atoms with E-state index in [2.05, 4.69) is 22.2 Å². The van der Waals surface area contributed by atoms with Crippen LogP contribution in [0.4, 0.5) is 18.2 Å². The van der Waals surface area contributed by atoms with Gasteiger partial charge in [0.1, 0.15) is 16.4 Å². The Morgan fingerprint density at radius 1 is 1.23 bits per heavy atom. The Morgan fingerprint density at radius 2 is 1.95 bits per heavy atom. The number of aromatic nitrogens is 2. The molecule has 14 heteroatoms. The van der Waals surface area contributed by atoms with Gasteiger partial charge in [-0.3, -0.25) is 9.59 Å². The normalized spacial score (nSPS) is 15.4. The Morgan fingerprint density at radius 3 is 2.62 bits per heavy atom. The third kappa shape index (κ3) is 6.44. The Balaban J connectivity index is 1.51. The molecular formula is C26H27F3N4O5S2. The van der Waals surface area contributed by atoms with Gasteiger partial charge < -0.3 is 15.8 Å². The van der Waals surface area contributed by atoms with Crippen molar-refractivity contribution < 1.29 is 35.9 Å². The molecule has 40 heavy (non-hydrogen) atoms. The maximum atomic E-state index is 13.6. The zero-order valence-electron chi connectivity index (χ0n) is 21.7. The Kier molecular flexibility index (Phi) is 8.49. The first-order chi connectivity index (χ1) is 18.8. The number of rotatable bonds is 9. The average Bonchev–Trinajstić information content (AvgIpc) is 3.24. The molecule has 3 N–H and O–H groups in total. The van der Waals surface area contributed by atoms with Gasteiger partial charge in [0.2, 0.25) is 20.9 Å². The number of methoxy groups -OCH3 is 1. The maximum absolute atomic E-state index is 13.6. The summed E-state index contributed by atoms with van der Waals surface area (Å²) in [4.78, 5) is 32.9. The molecule has 0 spiro atoms. The minimum atomic E-state index is -4.93. The van der Waals surface area contributed by atoms with Crippen LogP contribution in [0.5, 0.6) is 5.75 Å². The van der Waals surface area contributed by atoms with E-state index in [0.717, 1.165) is 23.3 Å². The zero-order chi connectivity index (χ0) is 29.2. The molecule has 0 radical (unpaired) electrons. The number of thiophene rings is 1. The number of ether oxygens (including phenoxy) is 1. The van der Waals surface area contributed by atoms with Gasteiger partial charge in [0.05, 0.1) is 24.1 Å². The fourth-order valence-corrected chi connectivity index (χ4v) is 7.12. The first kappa shape index (κ1) is 29.5. The SMILES string of the molecule is COc1ccccc1-c1cc(C(F)(F)F)nc(S(=O)(=O)CCCC(=O)Nc2sc3c(c2C(N)=O)CC[C@H](C)C3)n1. The van der Waals surface area contributed by atoms with E-state index in [9.17, 15) is 31.2 Å². The van der Waals surface area contributed by atoms with Crippen molar-refractivity contribution in [3.63, 3.8) is 0 Å². The van der Waals surface area contributed by atoms with Crippen LogP contribution in [0.15, 0.2) is 35.5 Å². The van der Waals surface area contributed by atoms with Crippen LogP contribution >= 0.6 is 11.3 Å². The molecule has 1 atom stereocenters. The minimum absolute atomic E-state index is 0.159. The first-order valence-electron chi connectivity index (χ1n) is 12.4. The van der Waals surface area contributed by atoms with Crippen molar-refractivity contribution in [2.75, 3.05) is 18.2 Å². The topological polar surface area (TPSA) is 141 Å². The second-order valence-electron chi connectivity index (χ2n) is 9.51. The molecule has 214 valence electrons. The minimum Gasteiger partial charge on any atom is -0.496 e. The molecule has 1 aromatic carbocycles. The highest BCUT2D eigenvalue weighted by molar-refractivity contribution is 7.91. The molecule has 2 amide bonds. The Bertz CT molecular complexity index is 1550. The number of hydrogen-bond donors (Lipinski definition) is 2. The van der Waals surface area contributed by atoms with Crippen molar-refractivity contribution in [3.05, 3.63) is 52.0 Å². The third-order valence-corrected chi connectivity index (χ3v) is 9.22. The van der Waals surface area contributed by atoms with E-state index in [1.165, 1.54) is 30.6 Å². The maximum Gasteiger partial charge on any atom is 0.433 e. The molecule has 3 aromatic rings. The third-order valence-electron chi connectivity index (χ3n) is 6.49. The number of benzene rings is 1. The van der Waals surface area contributed by atoms with Crippen LogP contribution in [-0.2, 0) is 33.6 Å². The predicted octanol–water partition coefficient (Wildman–Crippen LogP) is 4.65. The van der Waals surface area contributed by atoms with Gasteiger partial charge in [0.25, 0.3) is 5.91 Å². The number of alkyl halides is 3. The molecule has 4 rings (SSSR count). The number of halogens is 3. The predicted molar refractivity (Wildman–Crippen MR) is 143 cm³/mol. The summed E-state index contributed by atoms with van der Waals surface area (Å²) in [5.41, 5.74) is 5.14. The van der Waals surface area contributed by atoms with Gasteiger partial charge >= 0.3 is 6.18 Å². The van der Waals surface area contributed by atoms with Crippen LogP contribution in [0, 0.1) is 5.92 Å². The fraction of sp³-hybridized carbons (Fsp3) is 0.385. The van der Waals surface area contributed by atoms with E-state index in [4.69, 9.17) is 10.5 Å². The van der Waals surface area contributed by atoms with Crippen LogP contribution in [0.2, 0.25) is 0 Å². The number of primary amides is 1. The molecule has 2 heterocycles.